The smallest absolute Gasteiger partial charge is 0.275 e. The van der Waals surface area contributed by atoms with Gasteiger partial charge in [-0.2, -0.15) is 0 Å². The first-order valence-corrected chi connectivity index (χ1v) is 12.9. The first-order valence-electron chi connectivity index (χ1n) is 12.1. The van der Waals surface area contributed by atoms with Gasteiger partial charge < -0.3 is 14.6 Å². The lowest BCUT2D eigenvalue weighted by Gasteiger charge is -2.47. The number of ketones is 1. The maximum Gasteiger partial charge on any atom is 0.275 e. The highest BCUT2D eigenvalue weighted by Crippen LogP contribution is 2.36. The molecule has 1 atom stereocenters. The van der Waals surface area contributed by atoms with Crippen molar-refractivity contribution in [3.8, 4) is 16.3 Å². The number of hydrogen-bond acceptors (Lipinski definition) is 7. The molecule has 1 aromatic carbocycles. The summed E-state index contributed by atoms with van der Waals surface area (Å²) in [6, 6.07) is 5.69. The van der Waals surface area contributed by atoms with Crippen LogP contribution in [0.1, 0.15) is 69.0 Å². The maximum atomic E-state index is 13.6. The topological polar surface area (TPSA) is 105 Å². The highest BCUT2D eigenvalue weighted by molar-refractivity contribution is 7.14. The summed E-state index contributed by atoms with van der Waals surface area (Å²) in [6.07, 6.45) is 2.15. The van der Waals surface area contributed by atoms with Gasteiger partial charge in [0.15, 0.2) is 22.2 Å². The van der Waals surface area contributed by atoms with Gasteiger partial charge in [-0.05, 0) is 43.9 Å². The number of amides is 1. The van der Waals surface area contributed by atoms with E-state index in [4.69, 9.17) is 0 Å². The normalized spacial score (nSPS) is 17.8. The van der Waals surface area contributed by atoms with Crippen LogP contribution in [0.25, 0.3) is 10.6 Å². The number of fused-ring (bicyclic) bond motifs is 1. The second-order valence-electron chi connectivity index (χ2n) is 11.2. The summed E-state index contributed by atoms with van der Waals surface area (Å²) >= 11 is 1.18. The average Bonchev–Trinajstić information content (AvgIpc) is 3.24. The Hall–Kier alpha value is -3.40. The summed E-state index contributed by atoms with van der Waals surface area (Å²) in [5.41, 5.74) is -1.38. The summed E-state index contributed by atoms with van der Waals surface area (Å²) in [5.74, 6) is -1.67. The van der Waals surface area contributed by atoms with Gasteiger partial charge in [-0.3, -0.25) is 14.4 Å². The predicted molar refractivity (Wildman–Crippen MR) is 139 cm³/mol. The van der Waals surface area contributed by atoms with E-state index >= 15 is 0 Å². The number of rotatable bonds is 6. The van der Waals surface area contributed by atoms with E-state index in [0.717, 1.165) is 5.56 Å². The Morgan fingerprint density at radius 1 is 1.19 bits per heavy atom. The fourth-order valence-electron chi connectivity index (χ4n) is 4.81. The SMILES string of the molecule is CC(C)N1C(=O)c2c(O)c(=O)c(-c3nnc(Cc4ccc(F)cc4)s3)cn2C[C@@]1(C)C(=O)CC(C)(C)C. The monoisotopic (exact) mass is 526 g/mol. The molecule has 1 aliphatic heterocycles. The van der Waals surface area contributed by atoms with E-state index in [2.05, 4.69) is 10.2 Å². The molecule has 1 aliphatic rings. The highest BCUT2D eigenvalue weighted by atomic mass is 32.1. The van der Waals surface area contributed by atoms with Crippen LogP contribution in [-0.2, 0) is 17.8 Å². The molecule has 8 nitrogen and oxygen atoms in total. The lowest BCUT2D eigenvalue weighted by molar-refractivity contribution is -0.133. The Bertz CT molecular complexity index is 1420. The molecular formula is C27H31FN4O4S. The molecule has 0 saturated heterocycles. The van der Waals surface area contributed by atoms with Crippen LogP contribution >= 0.6 is 11.3 Å². The van der Waals surface area contributed by atoms with Gasteiger partial charge in [0.2, 0.25) is 5.43 Å². The van der Waals surface area contributed by atoms with Crippen molar-refractivity contribution in [1.82, 2.24) is 19.7 Å². The molecule has 1 amide bonds. The quantitative estimate of drug-likeness (QED) is 0.510. The average molecular weight is 527 g/mol. The van der Waals surface area contributed by atoms with Gasteiger partial charge in [-0.15, -0.1) is 10.2 Å². The largest absolute Gasteiger partial charge is 0.503 e. The van der Waals surface area contributed by atoms with E-state index < -0.39 is 22.6 Å². The summed E-state index contributed by atoms with van der Waals surface area (Å²) in [4.78, 5) is 41.8. The summed E-state index contributed by atoms with van der Waals surface area (Å²) < 4.78 is 14.7. The molecule has 3 aromatic rings. The Balaban J connectivity index is 1.76. The first kappa shape index (κ1) is 26.7. The van der Waals surface area contributed by atoms with Gasteiger partial charge in [0, 0.05) is 25.1 Å². The van der Waals surface area contributed by atoms with Gasteiger partial charge in [0.25, 0.3) is 5.91 Å². The van der Waals surface area contributed by atoms with Crippen molar-refractivity contribution < 1.29 is 19.1 Å². The van der Waals surface area contributed by atoms with E-state index in [0.29, 0.717) is 11.4 Å². The fourth-order valence-corrected chi connectivity index (χ4v) is 5.69. The third-order valence-corrected chi connectivity index (χ3v) is 7.42. The molecule has 0 bridgehead atoms. The summed E-state index contributed by atoms with van der Waals surface area (Å²) in [5, 5.41) is 20.1. The number of carbonyl (C=O) groups is 2. The molecule has 4 rings (SSSR count). The van der Waals surface area contributed by atoms with Crippen LogP contribution < -0.4 is 5.43 Å². The number of pyridine rings is 1. The van der Waals surface area contributed by atoms with Crippen molar-refractivity contribution in [3.05, 3.63) is 62.8 Å². The Labute approximate surface area is 218 Å². The van der Waals surface area contributed by atoms with Gasteiger partial charge in [0.05, 0.1) is 12.1 Å². The van der Waals surface area contributed by atoms with Crippen LogP contribution in [0.5, 0.6) is 5.75 Å². The number of aromatic nitrogens is 3. The van der Waals surface area contributed by atoms with E-state index in [-0.39, 0.29) is 52.3 Å². The Morgan fingerprint density at radius 2 is 1.84 bits per heavy atom. The fraction of sp³-hybridized carbons (Fsp3) is 0.444. The molecule has 0 fully saturated rings. The van der Waals surface area contributed by atoms with Crippen LogP contribution in [0.15, 0.2) is 35.3 Å². The number of hydrogen-bond donors (Lipinski definition) is 1. The van der Waals surface area contributed by atoms with Gasteiger partial charge in [0.1, 0.15) is 16.4 Å². The van der Waals surface area contributed by atoms with Crippen molar-refractivity contribution in [2.45, 2.75) is 72.5 Å². The molecule has 37 heavy (non-hydrogen) atoms. The van der Waals surface area contributed by atoms with Crippen molar-refractivity contribution in [2.24, 2.45) is 5.41 Å². The minimum Gasteiger partial charge on any atom is -0.503 e. The van der Waals surface area contributed by atoms with E-state index in [9.17, 15) is 23.9 Å². The number of benzene rings is 1. The molecule has 0 radical (unpaired) electrons. The van der Waals surface area contributed by atoms with Crippen molar-refractivity contribution >= 4 is 23.0 Å². The standard InChI is InChI=1S/C27H31FN4O4S/c1-15(2)32-25(36)21-23(35)22(34)18(13-31(21)14-27(32,6)19(33)12-26(3,4)5)24-30-29-20(37-24)11-16-7-9-17(28)10-8-16/h7-10,13,15,35H,11-12,14H2,1-6H3/t27-/m0/s1. The zero-order valence-electron chi connectivity index (χ0n) is 21.8. The summed E-state index contributed by atoms with van der Waals surface area (Å²) in [6.45, 7) is 11.3. The van der Waals surface area contributed by atoms with Crippen molar-refractivity contribution in [2.75, 3.05) is 0 Å². The number of Topliss-reactive ketones (excluding diaryl/α,β-unsaturated/α-hetero) is 1. The second kappa shape index (κ2) is 9.48. The molecule has 196 valence electrons. The minimum absolute atomic E-state index is 0.0866. The van der Waals surface area contributed by atoms with Gasteiger partial charge in [-0.1, -0.05) is 44.2 Å². The number of halogens is 1. The van der Waals surface area contributed by atoms with E-state index in [1.807, 2.05) is 34.6 Å². The molecule has 10 heteroatoms. The molecule has 0 unspecified atom stereocenters. The molecule has 0 aliphatic carbocycles. The predicted octanol–water partition coefficient (Wildman–Crippen LogP) is 4.43. The van der Waals surface area contributed by atoms with E-state index in [1.54, 1.807) is 19.1 Å². The zero-order chi connectivity index (χ0) is 27.3. The highest BCUT2D eigenvalue weighted by Gasteiger charge is 2.49. The number of carbonyl (C=O) groups excluding carboxylic acids is 2. The molecule has 1 N–H and O–H groups in total. The number of aromatic hydroxyl groups is 1. The van der Waals surface area contributed by atoms with E-state index in [1.165, 1.54) is 39.1 Å². The summed E-state index contributed by atoms with van der Waals surface area (Å²) in [7, 11) is 0. The van der Waals surface area contributed by atoms with Gasteiger partial charge >= 0.3 is 0 Å². The lowest BCUT2D eigenvalue weighted by atomic mass is 9.80. The third-order valence-electron chi connectivity index (χ3n) is 6.46. The van der Waals surface area contributed by atoms with Crippen LogP contribution in [0.2, 0.25) is 0 Å². The van der Waals surface area contributed by atoms with Crippen LogP contribution in [0.3, 0.4) is 0 Å². The Morgan fingerprint density at radius 3 is 2.43 bits per heavy atom. The maximum absolute atomic E-state index is 13.6. The van der Waals surface area contributed by atoms with Crippen molar-refractivity contribution in [3.63, 3.8) is 0 Å². The van der Waals surface area contributed by atoms with Crippen molar-refractivity contribution in [1.29, 1.82) is 0 Å². The Kier molecular flexibility index (Phi) is 6.83. The molecule has 2 aromatic heterocycles. The molecular weight excluding hydrogens is 495 g/mol. The van der Waals surface area contributed by atoms with Crippen LogP contribution in [0, 0.1) is 11.2 Å². The molecule has 3 heterocycles. The lowest BCUT2D eigenvalue weighted by Crippen LogP contribution is -2.63. The molecule has 0 spiro atoms. The van der Waals surface area contributed by atoms with Gasteiger partial charge in [-0.25, -0.2) is 4.39 Å². The second-order valence-corrected chi connectivity index (χ2v) is 12.3. The first-order chi connectivity index (χ1) is 17.2. The number of nitrogens with zero attached hydrogens (tertiary/aromatic N) is 4. The third kappa shape index (κ3) is 5.07. The van der Waals surface area contributed by atoms with Crippen LogP contribution in [0.4, 0.5) is 4.39 Å². The zero-order valence-corrected chi connectivity index (χ0v) is 22.6. The molecule has 0 saturated carbocycles. The van der Waals surface area contributed by atoms with Crippen LogP contribution in [-0.4, -0.2) is 48.0 Å². The minimum atomic E-state index is -1.17.